The lowest BCUT2D eigenvalue weighted by molar-refractivity contribution is 0.305. The van der Waals surface area contributed by atoms with Crippen molar-refractivity contribution in [2.45, 2.75) is 32.9 Å². The third kappa shape index (κ3) is 4.07. The van der Waals surface area contributed by atoms with Crippen molar-refractivity contribution in [3.8, 4) is 5.75 Å². The van der Waals surface area contributed by atoms with Gasteiger partial charge < -0.3 is 10.5 Å². The van der Waals surface area contributed by atoms with E-state index in [-0.39, 0.29) is 5.82 Å². The van der Waals surface area contributed by atoms with E-state index >= 15 is 0 Å². The molecule has 0 saturated carbocycles. The smallest absolute Gasteiger partial charge is 0.123 e. The summed E-state index contributed by atoms with van der Waals surface area (Å²) < 4.78 is 19.0. The summed E-state index contributed by atoms with van der Waals surface area (Å²) in [6.07, 6.45) is 2.20. The molecule has 0 amide bonds. The molecule has 0 bridgehead atoms. The van der Waals surface area contributed by atoms with Gasteiger partial charge >= 0.3 is 0 Å². The average Bonchev–Trinajstić information content (AvgIpc) is 2.46. The van der Waals surface area contributed by atoms with Crippen LogP contribution in [0.1, 0.15) is 30.0 Å². The van der Waals surface area contributed by atoms with Gasteiger partial charge in [-0.15, -0.1) is 0 Å². The van der Waals surface area contributed by atoms with Crippen LogP contribution in [0.15, 0.2) is 42.5 Å². The predicted octanol–water partition coefficient (Wildman–Crippen LogP) is 3.82. The highest BCUT2D eigenvalue weighted by molar-refractivity contribution is 5.29. The van der Waals surface area contributed by atoms with Gasteiger partial charge in [0.15, 0.2) is 0 Å². The molecule has 0 aromatic heterocycles. The molecule has 0 heterocycles. The molecule has 0 saturated heterocycles. The minimum atomic E-state index is -0.273. The summed E-state index contributed by atoms with van der Waals surface area (Å²) in [5.41, 5.74) is 8.41. The molecule has 0 aliphatic heterocycles. The summed E-state index contributed by atoms with van der Waals surface area (Å²) in [5.74, 6) is 0.522. The van der Waals surface area contributed by atoms with Gasteiger partial charge in [-0.1, -0.05) is 31.5 Å². The van der Waals surface area contributed by atoms with Crippen LogP contribution in [0.5, 0.6) is 5.75 Å². The van der Waals surface area contributed by atoms with E-state index in [1.54, 1.807) is 0 Å². The van der Waals surface area contributed by atoms with Gasteiger partial charge in [-0.05, 0) is 47.4 Å². The van der Waals surface area contributed by atoms with Gasteiger partial charge in [-0.3, -0.25) is 0 Å². The van der Waals surface area contributed by atoms with Gasteiger partial charge in [0, 0.05) is 6.54 Å². The number of rotatable bonds is 6. The number of hydrogen-bond acceptors (Lipinski definition) is 2. The molecule has 3 heteroatoms. The van der Waals surface area contributed by atoms with E-state index in [0.29, 0.717) is 13.2 Å². The minimum absolute atomic E-state index is 0.273. The second kappa shape index (κ2) is 7.06. The lowest BCUT2D eigenvalue weighted by Gasteiger charge is -2.08. The number of nitrogens with two attached hydrogens (primary N) is 1. The molecule has 2 nitrogen and oxygen atoms in total. The number of halogens is 1. The van der Waals surface area contributed by atoms with E-state index in [9.17, 15) is 4.39 Å². The Kier molecular flexibility index (Phi) is 5.13. The fourth-order valence-corrected chi connectivity index (χ4v) is 2.13. The zero-order chi connectivity index (χ0) is 14.4. The van der Waals surface area contributed by atoms with Gasteiger partial charge in [-0.25, -0.2) is 4.39 Å². The molecule has 2 rings (SSSR count). The van der Waals surface area contributed by atoms with Crippen molar-refractivity contribution in [3.63, 3.8) is 0 Å². The van der Waals surface area contributed by atoms with Crippen LogP contribution < -0.4 is 10.5 Å². The van der Waals surface area contributed by atoms with Gasteiger partial charge in [0.05, 0.1) is 0 Å². The second-order valence-electron chi connectivity index (χ2n) is 4.85. The van der Waals surface area contributed by atoms with E-state index < -0.39 is 0 Å². The molecule has 0 radical (unpaired) electrons. The Morgan fingerprint density at radius 3 is 2.35 bits per heavy atom. The fraction of sp³-hybridized carbons (Fsp3) is 0.294. The lowest BCUT2D eigenvalue weighted by atomic mass is 10.1. The maximum Gasteiger partial charge on any atom is 0.123 e. The molecule has 0 fully saturated rings. The molecule has 2 aromatic carbocycles. The molecular formula is C17H20FNO. The van der Waals surface area contributed by atoms with Crippen molar-refractivity contribution in [1.82, 2.24) is 0 Å². The van der Waals surface area contributed by atoms with E-state index in [4.69, 9.17) is 10.5 Å². The van der Waals surface area contributed by atoms with Crippen LogP contribution in [0.25, 0.3) is 0 Å². The van der Waals surface area contributed by atoms with Crippen molar-refractivity contribution < 1.29 is 9.13 Å². The zero-order valence-electron chi connectivity index (χ0n) is 11.7. The zero-order valence-corrected chi connectivity index (χ0v) is 11.7. The van der Waals surface area contributed by atoms with E-state index in [1.165, 1.54) is 17.7 Å². The molecule has 20 heavy (non-hydrogen) atoms. The molecule has 0 unspecified atom stereocenters. The van der Waals surface area contributed by atoms with Crippen LogP contribution in [0.2, 0.25) is 0 Å². The van der Waals surface area contributed by atoms with E-state index in [0.717, 1.165) is 29.7 Å². The molecule has 0 spiro atoms. The molecule has 0 aliphatic rings. The summed E-state index contributed by atoms with van der Waals surface area (Å²) in [6, 6.07) is 12.8. The van der Waals surface area contributed by atoms with Crippen LogP contribution in [-0.2, 0) is 19.6 Å². The Bertz CT molecular complexity index is 551. The topological polar surface area (TPSA) is 35.2 Å². The van der Waals surface area contributed by atoms with Gasteiger partial charge in [0.2, 0.25) is 0 Å². The monoisotopic (exact) mass is 273 g/mol. The Labute approximate surface area is 119 Å². The van der Waals surface area contributed by atoms with Gasteiger partial charge in [0.1, 0.15) is 18.2 Å². The minimum Gasteiger partial charge on any atom is -0.489 e. The standard InChI is InChI=1S/C17H20FNO/c1-2-3-13-4-6-17(7-5-13)20-12-15-8-14(11-19)9-16(18)10-15/h4-10H,2-3,11-12,19H2,1H3. The van der Waals surface area contributed by atoms with Crippen LogP contribution in [0.4, 0.5) is 4.39 Å². The van der Waals surface area contributed by atoms with Crippen LogP contribution in [0, 0.1) is 5.82 Å². The Morgan fingerprint density at radius 2 is 1.70 bits per heavy atom. The first-order chi connectivity index (χ1) is 9.71. The molecule has 106 valence electrons. The molecule has 2 aromatic rings. The maximum atomic E-state index is 13.4. The highest BCUT2D eigenvalue weighted by Gasteiger charge is 2.02. The van der Waals surface area contributed by atoms with E-state index in [2.05, 4.69) is 19.1 Å². The van der Waals surface area contributed by atoms with Crippen LogP contribution >= 0.6 is 0 Å². The summed E-state index contributed by atoms with van der Waals surface area (Å²) in [4.78, 5) is 0. The quantitative estimate of drug-likeness (QED) is 0.868. The SMILES string of the molecule is CCCc1ccc(OCc2cc(F)cc(CN)c2)cc1. The van der Waals surface area contributed by atoms with Crippen molar-refractivity contribution in [1.29, 1.82) is 0 Å². The first-order valence-corrected chi connectivity index (χ1v) is 6.91. The number of benzene rings is 2. The first-order valence-electron chi connectivity index (χ1n) is 6.91. The summed E-state index contributed by atoms with van der Waals surface area (Å²) in [5, 5.41) is 0. The van der Waals surface area contributed by atoms with E-state index in [1.807, 2.05) is 18.2 Å². The lowest BCUT2D eigenvalue weighted by Crippen LogP contribution is -2.01. The van der Waals surface area contributed by atoms with Gasteiger partial charge in [-0.2, -0.15) is 0 Å². The van der Waals surface area contributed by atoms with Gasteiger partial charge in [0.25, 0.3) is 0 Å². The molecule has 0 atom stereocenters. The number of hydrogen-bond donors (Lipinski definition) is 1. The highest BCUT2D eigenvalue weighted by Crippen LogP contribution is 2.16. The Morgan fingerprint density at radius 1 is 1.00 bits per heavy atom. The average molecular weight is 273 g/mol. The molecule has 2 N–H and O–H groups in total. The molecular weight excluding hydrogens is 253 g/mol. The number of aryl methyl sites for hydroxylation is 1. The largest absolute Gasteiger partial charge is 0.489 e. The van der Waals surface area contributed by atoms with Crippen molar-refractivity contribution in [2.24, 2.45) is 5.73 Å². The maximum absolute atomic E-state index is 13.4. The third-order valence-electron chi connectivity index (χ3n) is 3.12. The van der Waals surface area contributed by atoms with Crippen molar-refractivity contribution >= 4 is 0 Å². The summed E-state index contributed by atoms with van der Waals surface area (Å²) >= 11 is 0. The summed E-state index contributed by atoms with van der Waals surface area (Å²) in [6.45, 7) is 2.83. The van der Waals surface area contributed by atoms with Crippen molar-refractivity contribution in [3.05, 3.63) is 65.0 Å². The Balaban J connectivity index is 1.99. The predicted molar refractivity (Wildman–Crippen MR) is 79.1 cm³/mol. The van der Waals surface area contributed by atoms with Crippen LogP contribution in [-0.4, -0.2) is 0 Å². The number of ether oxygens (including phenoxy) is 1. The summed E-state index contributed by atoms with van der Waals surface area (Å²) in [7, 11) is 0. The fourth-order valence-electron chi connectivity index (χ4n) is 2.13. The van der Waals surface area contributed by atoms with Crippen LogP contribution in [0.3, 0.4) is 0 Å². The third-order valence-corrected chi connectivity index (χ3v) is 3.12. The first kappa shape index (κ1) is 14.5. The van der Waals surface area contributed by atoms with Crippen molar-refractivity contribution in [2.75, 3.05) is 0 Å². The normalized spacial score (nSPS) is 10.6. The second-order valence-corrected chi connectivity index (χ2v) is 4.85. The molecule has 0 aliphatic carbocycles. The Hall–Kier alpha value is -1.87. The highest BCUT2D eigenvalue weighted by atomic mass is 19.1.